The lowest BCUT2D eigenvalue weighted by atomic mass is 10.00. The summed E-state index contributed by atoms with van der Waals surface area (Å²) in [6.45, 7) is 7.02. The number of hydrogen-bond donors (Lipinski definition) is 1. The van der Waals surface area contributed by atoms with Crippen LogP contribution in [0.25, 0.3) is 0 Å². The Kier molecular flexibility index (Phi) is 4.52. The fourth-order valence-electron chi connectivity index (χ4n) is 2.44. The van der Waals surface area contributed by atoms with Crippen LogP contribution in [0.15, 0.2) is 10.6 Å². The van der Waals surface area contributed by atoms with Gasteiger partial charge in [0.2, 0.25) is 0 Å². The molecule has 0 radical (unpaired) electrons. The molecule has 0 aliphatic carbocycles. The first-order chi connectivity index (χ1) is 9.47. The highest BCUT2D eigenvalue weighted by Gasteiger charge is 2.24. The molecule has 1 atom stereocenters. The zero-order chi connectivity index (χ0) is 14.9. The minimum atomic E-state index is -0.362. The second-order valence-electron chi connectivity index (χ2n) is 4.82. The van der Waals surface area contributed by atoms with E-state index in [1.807, 2.05) is 20.8 Å². The van der Waals surface area contributed by atoms with Gasteiger partial charge in [0.25, 0.3) is 0 Å². The zero-order valence-corrected chi connectivity index (χ0v) is 13.0. The van der Waals surface area contributed by atoms with E-state index in [0.29, 0.717) is 18.2 Å². The van der Waals surface area contributed by atoms with Crippen molar-refractivity contribution in [2.24, 2.45) is 5.73 Å². The van der Waals surface area contributed by atoms with Crippen molar-refractivity contribution in [3.63, 3.8) is 0 Å². The molecule has 0 saturated carbocycles. The molecule has 20 heavy (non-hydrogen) atoms. The van der Waals surface area contributed by atoms with Crippen LogP contribution in [0, 0.1) is 20.8 Å². The Morgan fingerprint density at radius 2 is 2.10 bits per heavy atom. The third-order valence-corrected chi connectivity index (χ3v) is 3.85. The molecule has 2 N–H and O–H groups in total. The SMILES string of the molecule is COCCn1ncc(Cl)c1C(N)c1c(C)oc(C)c1C. The quantitative estimate of drug-likeness (QED) is 0.921. The van der Waals surface area contributed by atoms with E-state index in [1.54, 1.807) is 18.0 Å². The van der Waals surface area contributed by atoms with Gasteiger partial charge in [0.05, 0.1) is 36.1 Å². The summed E-state index contributed by atoms with van der Waals surface area (Å²) in [7, 11) is 1.65. The van der Waals surface area contributed by atoms with Crippen LogP contribution in [0.1, 0.15) is 34.4 Å². The van der Waals surface area contributed by atoms with Gasteiger partial charge in [0.15, 0.2) is 0 Å². The molecule has 0 aliphatic heterocycles. The van der Waals surface area contributed by atoms with Crippen molar-refractivity contribution >= 4 is 11.6 Å². The number of aryl methyl sites for hydroxylation is 2. The molecule has 2 aromatic heterocycles. The van der Waals surface area contributed by atoms with Gasteiger partial charge in [-0.3, -0.25) is 4.68 Å². The molecule has 110 valence electrons. The van der Waals surface area contributed by atoms with Crippen LogP contribution in [-0.4, -0.2) is 23.5 Å². The van der Waals surface area contributed by atoms with Gasteiger partial charge in [0, 0.05) is 12.7 Å². The average Bonchev–Trinajstić information content (AvgIpc) is 2.88. The number of methoxy groups -OCH3 is 1. The van der Waals surface area contributed by atoms with E-state index in [1.165, 1.54) is 0 Å². The Labute approximate surface area is 123 Å². The van der Waals surface area contributed by atoms with Crippen molar-refractivity contribution in [1.29, 1.82) is 0 Å². The molecule has 0 aliphatic rings. The van der Waals surface area contributed by atoms with Crippen LogP contribution in [0.4, 0.5) is 0 Å². The zero-order valence-electron chi connectivity index (χ0n) is 12.2. The smallest absolute Gasteiger partial charge is 0.106 e. The molecule has 5 nitrogen and oxygen atoms in total. The lowest BCUT2D eigenvalue weighted by Crippen LogP contribution is -2.20. The number of furan rings is 1. The molecule has 2 aromatic rings. The molecule has 1 unspecified atom stereocenters. The van der Waals surface area contributed by atoms with E-state index in [0.717, 1.165) is 28.3 Å². The summed E-state index contributed by atoms with van der Waals surface area (Å²) in [6.07, 6.45) is 1.62. The van der Waals surface area contributed by atoms with Crippen LogP contribution < -0.4 is 5.73 Å². The van der Waals surface area contributed by atoms with Crippen molar-refractivity contribution in [2.75, 3.05) is 13.7 Å². The van der Waals surface area contributed by atoms with Gasteiger partial charge in [-0.1, -0.05) is 11.6 Å². The van der Waals surface area contributed by atoms with Crippen LogP contribution in [0.3, 0.4) is 0 Å². The fourth-order valence-corrected chi connectivity index (χ4v) is 2.70. The summed E-state index contributed by atoms with van der Waals surface area (Å²) in [4.78, 5) is 0. The van der Waals surface area contributed by atoms with E-state index < -0.39 is 0 Å². The standard InChI is InChI=1S/C14H20ClN3O2/c1-8-9(2)20-10(3)12(8)13(16)14-11(15)7-17-18(14)5-6-19-4/h7,13H,5-6,16H2,1-4H3. The number of nitrogens with two attached hydrogens (primary N) is 1. The number of nitrogens with zero attached hydrogens (tertiary/aromatic N) is 2. The largest absolute Gasteiger partial charge is 0.466 e. The maximum Gasteiger partial charge on any atom is 0.106 e. The van der Waals surface area contributed by atoms with E-state index in [-0.39, 0.29) is 6.04 Å². The molecule has 0 aromatic carbocycles. The summed E-state index contributed by atoms with van der Waals surface area (Å²) >= 11 is 6.25. The van der Waals surface area contributed by atoms with E-state index in [9.17, 15) is 0 Å². The van der Waals surface area contributed by atoms with Gasteiger partial charge in [0.1, 0.15) is 11.5 Å². The van der Waals surface area contributed by atoms with Gasteiger partial charge in [-0.2, -0.15) is 5.10 Å². The van der Waals surface area contributed by atoms with Crippen molar-refractivity contribution < 1.29 is 9.15 Å². The molecule has 6 heteroatoms. The predicted octanol–water partition coefficient (Wildman–Crippen LogP) is 2.75. The first-order valence-corrected chi connectivity index (χ1v) is 6.87. The van der Waals surface area contributed by atoms with Gasteiger partial charge in [-0.15, -0.1) is 0 Å². The van der Waals surface area contributed by atoms with Gasteiger partial charge in [-0.25, -0.2) is 0 Å². The third kappa shape index (κ3) is 2.61. The monoisotopic (exact) mass is 297 g/mol. The Balaban J connectivity index is 2.42. The second kappa shape index (κ2) is 5.99. The molecule has 2 rings (SSSR count). The lowest BCUT2D eigenvalue weighted by Gasteiger charge is -2.15. The Hall–Kier alpha value is -1.30. The minimum absolute atomic E-state index is 0.362. The molecule has 0 spiro atoms. The van der Waals surface area contributed by atoms with Gasteiger partial charge >= 0.3 is 0 Å². The summed E-state index contributed by atoms with van der Waals surface area (Å²) in [5, 5.41) is 4.82. The first-order valence-electron chi connectivity index (χ1n) is 6.49. The molecule has 0 bridgehead atoms. The molecular weight excluding hydrogens is 278 g/mol. The normalized spacial score (nSPS) is 12.9. The molecular formula is C14H20ClN3O2. The van der Waals surface area contributed by atoms with E-state index >= 15 is 0 Å². The maximum atomic E-state index is 6.40. The second-order valence-corrected chi connectivity index (χ2v) is 5.23. The minimum Gasteiger partial charge on any atom is -0.466 e. The maximum absolute atomic E-state index is 6.40. The third-order valence-electron chi connectivity index (χ3n) is 3.56. The van der Waals surface area contributed by atoms with Crippen molar-refractivity contribution in [1.82, 2.24) is 9.78 Å². The number of halogens is 1. The number of rotatable bonds is 5. The molecule has 0 amide bonds. The fraction of sp³-hybridized carbons (Fsp3) is 0.500. The van der Waals surface area contributed by atoms with Crippen molar-refractivity contribution in [3.8, 4) is 0 Å². The predicted molar refractivity (Wildman–Crippen MR) is 78.1 cm³/mol. The van der Waals surface area contributed by atoms with Crippen molar-refractivity contribution in [2.45, 2.75) is 33.4 Å². The summed E-state index contributed by atoms with van der Waals surface area (Å²) < 4.78 is 12.5. The summed E-state index contributed by atoms with van der Waals surface area (Å²) in [5.74, 6) is 1.70. The first kappa shape index (κ1) is 15.1. The highest BCUT2D eigenvalue weighted by atomic mass is 35.5. The molecule has 0 saturated heterocycles. The Bertz CT molecular complexity index is 604. The summed E-state index contributed by atoms with van der Waals surface area (Å²) in [6, 6.07) is -0.362. The number of ether oxygens (including phenoxy) is 1. The van der Waals surface area contributed by atoms with Crippen LogP contribution in [0.2, 0.25) is 5.02 Å². The lowest BCUT2D eigenvalue weighted by molar-refractivity contribution is 0.182. The Morgan fingerprint density at radius 3 is 2.65 bits per heavy atom. The topological polar surface area (TPSA) is 66.2 Å². The van der Waals surface area contributed by atoms with Crippen LogP contribution in [-0.2, 0) is 11.3 Å². The van der Waals surface area contributed by atoms with E-state index in [4.69, 9.17) is 26.5 Å². The van der Waals surface area contributed by atoms with Crippen LogP contribution in [0.5, 0.6) is 0 Å². The number of aromatic nitrogens is 2. The summed E-state index contributed by atoms with van der Waals surface area (Å²) in [5.41, 5.74) is 9.23. The van der Waals surface area contributed by atoms with Crippen molar-refractivity contribution in [3.05, 3.63) is 39.6 Å². The highest BCUT2D eigenvalue weighted by Crippen LogP contribution is 2.32. The van der Waals surface area contributed by atoms with Gasteiger partial charge < -0.3 is 14.9 Å². The van der Waals surface area contributed by atoms with E-state index in [2.05, 4.69) is 5.10 Å². The highest BCUT2D eigenvalue weighted by molar-refractivity contribution is 6.31. The van der Waals surface area contributed by atoms with Crippen LogP contribution >= 0.6 is 11.6 Å². The Morgan fingerprint density at radius 1 is 1.40 bits per heavy atom. The average molecular weight is 298 g/mol. The number of hydrogen-bond acceptors (Lipinski definition) is 4. The molecule has 2 heterocycles. The molecule has 0 fully saturated rings. The van der Waals surface area contributed by atoms with Gasteiger partial charge in [-0.05, 0) is 26.3 Å².